The lowest BCUT2D eigenvalue weighted by molar-refractivity contribution is 0.154. The SMILES string of the molecule is Bc1ccc(OC[C@@H](Cc2ccccc2)N(C)Cc2ccccc2)cc1F. The van der Waals surface area contributed by atoms with Gasteiger partial charge in [-0.2, -0.15) is 0 Å². The van der Waals surface area contributed by atoms with Crippen LogP contribution in [-0.2, 0) is 13.0 Å². The van der Waals surface area contributed by atoms with E-state index in [1.165, 1.54) is 17.2 Å². The zero-order chi connectivity index (χ0) is 19.1. The molecule has 0 amide bonds. The Morgan fingerprint density at radius 2 is 1.56 bits per heavy atom. The lowest BCUT2D eigenvalue weighted by Gasteiger charge is -2.28. The second-order valence-electron chi connectivity index (χ2n) is 6.97. The van der Waals surface area contributed by atoms with Gasteiger partial charge in [0.05, 0.1) is 0 Å². The van der Waals surface area contributed by atoms with E-state index in [4.69, 9.17) is 4.74 Å². The Bertz CT molecular complexity index is 842. The minimum atomic E-state index is -0.232. The van der Waals surface area contributed by atoms with Crippen LogP contribution in [0.5, 0.6) is 5.75 Å². The van der Waals surface area contributed by atoms with Crippen LogP contribution in [0.25, 0.3) is 0 Å². The third-order valence-electron chi connectivity index (χ3n) is 4.80. The maximum Gasteiger partial charge on any atom is 0.143 e. The molecule has 0 unspecified atom stereocenters. The maximum absolute atomic E-state index is 13.8. The third-order valence-corrected chi connectivity index (χ3v) is 4.80. The lowest BCUT2D eigenvalue weighted by atomic mass is 9.96. The second-order valence-corrected chi connectivity index (χ2v) is 6.97. The highest BCUT2D eigenvalue weighted by molar-refractivity contribution is 6.32. The van der Waals surface area contributed by atoms with Gasteiger partial charge in [0.25, 0.3) is 0 Å². The minimum Gasteiger partial charge on any atom is -0.492 e. The maximum atomic E-state index is 13.8. The molecule has 3 rings (SSSR count). The molecular formula is C23H25BFNO. The first-order chi connectivity index (χ1) is 13.1. The van der Waals surface area contributed by atoms with E-state index < -0.39 is 0 Å². The molecule has 4 heteroatoms. The average molecular weight is 361 g/mol. The van der Waals surface area contributed by atoms with Gasteiger partial charge in [-0.15, -0.1) is 0 Å². The third kappa shape index (κ3) is 5.70. The largest absolute Gasteiger partial charge is 0.492 e. The summed E-state index contributed by atoms with van der Waals surface area (Å²) in [5.41, 5.74) is 3.16. The van der Waals surface area contributed by atoms with Crippen LogP contribution in [0.1, 0.15) is 11.1 Å². The predicted molar refractivity (Wildman–Crippen MR) is 112 cm³/mol. The molecule has 0 aliphatic heterocycles. The molecule has 3 aromatic carbocycles. The zero-order valence-corrected chi connectivity index (χ0v) is 15.9. The number of benzene rings is 3. The number of hydrogen-bond donors (Lipinski definition) is 0. The van der Waals surface area contributed by atoms with Gasteiger partial charge < -0.3 is 4.74 Å². The Hall–Kier alpha value is -2.59. The van der Waals surface area contributed by atoms with Gasteiger partial charge in [-0.05, 0) is 30.7 Å². The van der Waals surface area contributed by atoms with Crippen molar-refractivity contribution in [2.24, 2.45) is 0 Å². The number of ether oxygens (including phenoxy) is 1. The number of rotatable bonds is 8. The fourth-order valence-corrected chi connectivity index (χ4v) is 3.08. The van der Waals surface area contributed by atoms with Crippen LogP contribution < -0.4 is 10.2 Å². The highest BCUT2D eigenvalue weighted by Gasteiger charge is 2.17. The van der Waals surface area contributed by atoms with E-state index in [9.17, 15) is 4.39 Å². The van der Waals surface area contributed by atoms with Gasteiger partial charge in [0.1, 0.15) is 26.0 Å². The Morgan fingerprint density at radius 3 is 2.19 bits per heavy atom. The molecule has 0 heterocycles. The number of hydrogen-bond acceptors (Lipinski definition) is 2. The molecular weight excluding hydrogens is 336 g/mol. The van der Waals surface area contributed by atoms with Crippen molar-refractivity contribution in [3.05, 3.63) is 95.8 Å². The fraction of sp³-hybridized carbons (Fsp3) is 0.217. The van der Waals surface area contributed by atoms with Crippen molar-refractivity contribution < 1.29 is 9.13 Å². The molecule has 0 aliphatic rings. The smallest absolute Gasteiger partial charge is 0.143 e. The van der Waals surface area contributed by atoms with E-state index in [2.05, 4.69) is 60.5 Å². The molecule has 0 spiro atoms. The first kappa shape index (κ1) is 19.2. The van der Waals surface area contributed by atoms with Crippen LogP contribution in [0.15, 0.2) is 78.9 Å². The quantitative estimate of drug-likeness (QED) is 0.572. The van der Waals surface area contributed by atoms with Crippen LogP contribution in [-0.4, -0.2) is 32.4 Å². The molecule has 0 saturated carbocycles. The van der Waals surface area contributed by atoms with Gasteiger partial charge in [-0.1, -0.05) is 72.2 Å². The summed E-state index contributed by atoms with van der Waals surface area (Å²) in [5.74, 6) is 0.342. The Labute approximate surface area is 162 Å². The van der Waals surface area contributed by atoms with E-state index in [1.807, 2.05) is 18.2 Å². The Balaban J connectivity index is 1.71. The first-order valence-corrected chi connectivity index (χ1v) is 9.29. The first-order valence-electron chi connectivity index (χ1n) is 9.29. The fourth-order valence-electron chi connectivity index (χ4n) is 3.08. The summed E-state index contributed by atoms with van der Waals surface area (Å²) in [5, 5.41) is 0. The summed E-state index contributed by atoms with van der Waals surface area (Å²) in [6, 6.07) is 26.0. The Morgan fingerprint density at radius 1 is 0.926 bits per heavy atom. The van der Waals surface area contributed by atoms with E-state index in [0.717, 1.165) is 13.0 Å². The van der Waals surface area contributed by atoms with Crippen molar-refractivity contribution in [1.29, 1.82) is 0 Å². The Kier molecular flexibility index (Phi) is 6.66. The summed E-state index contributed by atoms with van der Waals surface area (Å²) < 4.78 is 19.8. The van der Waals surface area contributed by atoms with Crippen LogP contribution in [0.4, 0.5) is 4.39 Å². The van der Waals surface area contributed by atoms with Crippen molar-refractivity contribution in [1.82, 2.24) is 4.90 Å². The highest BCUT2D eigenvalue weighted by Crippen LogP contribution is 2.15. The molecule has 0 aromatic heterocycles. The topological polar surface area (TPSA) is 12.5 Å². The lowest BCUT2D eigenvalue weighted by Crippen LogP contribution is -2.38. The summed E-state index contributed by atoms with van der Waals surface area (Å²) in [7, 11) is 3.87. The van der Waals surface area contributed by atoms with Gasteiger partial charge in [-0.25, -0.2) is 4.39 Å². The molecule has 3 aromatic rings. The summed E-state index contributed by atoms with van der Waals surface area (Å²) in [6.07, 6.45) is 0.874. The van der Waals surface area contributed by atoms with Crippen LogP contribution in [0.2, 0.25) is 0 Å². The van der Waals surface area contributed by atoms with Gasteiger partial charge in [0, 0.05) is 18.7 Å². The van der Waals surface area contributed by atoms with Gasteiger partial charge in [-0.3, -0.25) is 4.90 Å². The molecule has 0 saturated heterocycles. The molecule has 0 fully saturated rings. The summed E-state index contributed by atoms with van der Waals surface area (Å²) >= 11 is 0. The number of halogens is 1. The van der Waals surface area contributed by atoms with E-state index in [-0.39, 0.29) is 11.9 Å². The van der Waals surface area contributed by atoms with Crippen molar-refractivity contribution in [3.63, 3.8) is 0 Å². The molecule has 27 heavy (non-hydrogen) atoms. The number of nitrogens with zero attached hydrogens (tertiary/aromatic N) is 1. The average Bonchev–Trinajstić information content (AvgIpc) is 2.69. The van der Waals surface area contributed by atoms with Crippen molar-refractivity contribution in [3.8, 4) is 5.75 Å². The summed E-state index contributed by atoms with van der Waals surface area (Å²) in [4.78, 5) is 2.30. The normalized spacial score (nSPS) is 12.1. The molecule has 1 atom stereocenters. The van der Waals surface area contributed by atoms with Gasteiger partial charge in [0.15, 0.2) is 0 Å². The molecule has 0 aliphatic carbocycles. The van der Waals surface area contributed by atoms with Crippen molar-refractivity contribution in [2.75, 3.05) is 13.7 Å². The van der Waals surface area contributed by atoms with E-state index in [1.54, 1.807) is 13.9 Å². The van der Waals surface area contributed by atoms with Crippen LogP contribution in [0.3, 0.4) is 0 Å². The molecule has 2 nitrogen and oxygen atoms in total. The molecule has 138 valence electrons. The van der Waals surface area contributed by atoms with E-state index in [0.29, 0.717) is 17.8 Å². The van der Waals surface area contributed by atoms with Crippen LogP contribution in [0, 0.1) is 5.82 Å². The second kappa shape index (κ2) is 9.38. The number of likely N-dealkylation sites (N-methyl/N-ethyl adjacent to an activating group) is 1. The van der Waals surface area contributed by atoms with Crippen LogP contribution >= 0.6 is 0 Å². The molecule has 0 radical (unpaired) electrons. The molecule has 0 N–H and O–H groups in total. The van der Waals surface area contributed by atoms with Crippen molar-refractivity contribution >= 4 is 13.3 Å². The zero-order valence-electron chi connectivity index (χ0n) is 15.9. The van der Waals surface area contributed by atoms with Gasteiger partial charge in [0.2, 0.25) is 0 Å². The molecule has 0 bridgehead atoms. The minimum absolute atomic E-state index is 0.178. The van der Waals surface area contributed by atoms with Gasteiger partial charge >= 0.3 is 0 Å². The predicted octanol–water partition coefficient (Wildman–Crippen LogP) is 3.21. The highest BCUT2D eigenvalue weighted by atomic mass is 19.1. The van der Waals surface area contributed by atoms with E-state index >= 15 is 0 Å². The van der Waals surface area contributed by atoms with Crippen molar-refractivity contribution in [2.45, 2.75) is 19.0 Å². The standard InChI is InChI=1S/C23H25BFNO/c1-26(16-19-10-6-3-7-11-19)20(14-18-8-4-2-5-9-18)17-27-21-12-13-22(24)23(25)15-21/h2-13,15,20H,14,16-17,24H2,1H3/t20-/m1/s1. The monoisotopic (exact) mass is 361 g/mol. The summed E-state index contributed by atoms with van der Waals surface area (Å²) in [6.45, 7) is 1.34.